The number of methoxy groups -OCH3 is 1. The summed E-state index contributed by atoms with van der Waals surface area (Å²) in [4.78, 5) is 24.5. The van der Waals surface area contributed by atoms with E-state index in [1.165, 1.54) is 31.4 Å². The molecule has 3 rings (SSSR count). The third-order valence-electron chi connectivity index (χ3n) is 4.41. The third-order valence-corrected chi connectivity index (χ3v) is 4.90. The van der Waals surface area contributed by atoms with E-state index in [0.717, 1.165) is 5.56 Å². The van der Waals surface area contributed by atoms with Crippen LogP contribution in [0.2, 0.25) is 0 Å². The van der Waals surface area contributed by atoms with E-state index in [1.54, 1.807) is 42.5 Å². The SMILES string of the molecule is COC(=O)c1ccc(C(C)NC(=O)c2cc(Br)ccc2Oc2ccc(F)cc2)cc1. The zero-order valence-corrected chi connectivity index (χ0v) is 17.9. The van der Waals surface area contributed by atoms with E-state index in [2.05, 4.69) is 21.2 Å². The van der Waals surface area contributed by atoms with Gasteiger partial charge in [-0.15, -0.1) is 0 Å². The van der Waals surface area contributed by atoms with Crippen molar-refractivity contribution in [3.05, 3.63) is 93.7 Å². The maximum Gasteiger partial charge on any atom is 0.337 e. The molecule has 0 radical (unpaired) electrons. The average molecular weight is 472 g/mol. The Balaban J connectivity index is 1.78. The molecule has 0 heterocycles. The van der Waals surface area contributed by atoms with Crippen molar-refractivity contribution in [2.45, 2.75) is 13.0 Å². The molecule has 0 saturated carbocycles. The Kier molecular flexibility index (Phi) is 6.84. The lowest BCUT2D eigenvalue weighted by molar-refractivity contribution is 0.0600. The highest BCUT2D eigenvalue weighted by molar-refractivity contribution is 9.10. The summed E-state index contributed by atoms with van der Waals surface area (Å²) in [5.41, 5.74) is 1.58. The molecule has 0 aliphatic rings. The molecule has 1 atom stereocenters. The molecule has 3 aromatic carbocycles. The van der Waals surface area contributed by atoms with Crippen LogP contribution >= 0.6 is 15.9 Å². The molecule has 5 nitrogen and oxygen atoms in total. The van der Waals surface area contributed by atoms with Gasteiger partial charge in [0.15, 0.2) is 0 Å². The molecule has 30 heavy (non-hydrogen) atoms. The van der Waals surface area contributed by atoms with Gasteiger partial charge in [-0.25, -0.2) is 9.18 Å². The lowest BCUT2D eigenvalue weighted by atomic mass is 10.1. The van der Waals surface area contributed by atoms with Crippen molar-refractivity contribution in [1.29, 1.82) is 0 Å². The van der Waals surface area contributed by atoms with Crippen molar-refractivity contribution in [1.82, 2.24) is 5.32 Å². The molecule has 154 valence electrons. The Morgan fingerprint density at radius 3 is 2.30 bits per heavy atom. The number of carbonyl (C=O) groups is 2. The molecular weight excluding hydrogens is 453 g/mol. The largest absolute Gasteiger partial charge is 0.465 e. The molecule has 3 aromatic rings. The van der Waals surface area contributed by atoms with Crippen LogP contribution in [-0.4, -0.2) is 19.0 Å². The van der Waals surface area contributed by atoms with Gasteiger partial charge in [0.05, 0.1) is 24.3 Å². The minimum atomic E-state index is -0.421. The van der Waals surface area contributed by atoms with Crippen LogP contribution in [0.1, 0.15) is 39.2 Å². The van der Waals surface area contributed by atoms with Crippen molar-refractivity contribution in [3.8, 4) is 11.5 Å². The zero-order valence-electron chi connectivity index (χ0n) is 16.3. The predicted molar refractivity (Wildman–Crippen MR) is 114 cm³/mol. The second-order valence-corrected chi connectivity index (χ2v) is 7.42. The smallest absolute Gasteiger partial charge is 0.337 e. The van der Waals surface area contributed by atoms with Crippen LogP contribution in [0.15, 0.2) is 71.2 Å². The quantitative estimate of drug-likeness (QED) is 0.471. The standard InChI is InChI=1S/C23H19BrFNO4/c1-14(15-3-5-16(6-4-15)23(28)29-2)26-22(27)20-13-17(24)7-12-21(20)30-19-10-8-18(25)9-11-19/h3-14H,1-2H3,(H,26,27). The second-order valence-electron chi connectivity index (χ2n) is 6.51. The number of hydrogen-bond donors (Lipinski definition) is 1. The molecular formula is C23H19BrFNO4. The van der Waals surface area contributed by atoms with E-state index in [0.29, 0.717) is 27.1 Å². The molecule has 0 fully saturated rings. The first kappa shape index (κ1) is 21.5. The topological polar surface area (TPSA) is 64.6 Å². The molecule has 0 aliphatic heterocycles. The number of benzene rings is 3. The number of amides is 1. The molecule has 0 bridgehead atoms. The van der Waals surface area contributed by atoms with Gasteiger partial charge in [0.2, 0.25) is 0 Å². The lowest BCUT2D eigenvalue weighted by Gasteiger charge is -2.17. The summed E-state index contributed by atoms with van der Waals surface area (Å²) >= 11 is 3.37. The van der Waals surface area contributed by atoms with Gasteiger partial charge in [0.1, 0.15) is 17.3 Å². The van der Waals surface area contributed by atoms with E-state index in [9.17, 15) is 14.0 Å². The molecule has 0 aromatic heterocycles. The monoisotopic (exact) mass is 471 g/mol. The first-order chi connectivity index (χ1) is 14.4. The summed E-state index contributed by atoms with van der Waals surface area (Å²) in [6.07, 6.45) is 0. The Labute approximate surface area is 182 Å². The van der Waals surface area contributed by atoms with Crippen molar-refractivity contribution < 1.29 is 23.5 Å². The highest BCUT2D eigenvalue weighted by Gasteiger charge is 2.17. The highest BCUT2D eigenvalue weighted by atomic mass is 79.9. The first-order valence-corrected chi connectivity index (χ1v) is 9.89. The van der Waals surface area contributed by atoms with Crippen LogP contribution in [0, 0.1) is 5.82 Å². The fourth-order valence-corrected chi connectivity index (χ4v) is 3.14. The summed E-state index contributed by atoms with van der Waals surface area (Å²) in [5, 5.41) is 2.92. The molecule has 0 saturated heterocycles. The number of halogens is 2. The van der Waals surface area contributed by atoms with Crippen molar-refractivity contribution in [3.63, 3.8) is 0 Å². The Morgan fingerprint density at radius 1 is 1.00 bits per heavy atom. The normalized spacial score (nSPS) is 11.5. The Hall–Kier alpha value is -3.19. The van der Waals surface area contributed by atoms with Crippen LogP contribution < -0.4 is 10.1 Å². The Morgan fingerprint density at radius 2 is 1.67 bits per heavy atom. The van der Waals surface area contributed by atoms with Gasteiger partial charge in [-0.3, -0.25) is 4.79 Å². The molecule has 1 N–H and O–H groups in total. The van der Waals surface area contributed by atoms with E-state index >= 15 is 0 Å². The summed E-state index contributed by atoms with van der Waals surface area (Å²) in [5.74, 6) is -0.370. The van der Waals surface area contributed by atoms with Gasteiger partial charge in [-0.05, 0) is 67.1 Å². The van der Waals surface area contributed by atoms with Gasteiger partial charge >= 0.3 is 5.97 Å². The number of carbonyl (C=O) groups excluding carboxylic acids is 2. The summed E-state index contributed by atoms with van der Waals surface area (Å²) in [6, 6.07) is 17.1. The second kappa shape index (κ2) is 9.54. The van der Waals surface area contributed by atoms with Gasteiger partial charge in [-0.1, -0.05) is 28.1 Å². The average Bonchev–Trinajstić information content (AvgIpc) is 2.76. The summed E-state index contributed by atoms with van der Waals surface area (Å²) < 4.78 is 24.3. The maximum absolute atomic E-state index is 13.1. The number of nitrogens with one attached hydrogen (secondary N) is 1. The van der Waals surface area contributed by atoms with Crippen molar-refractivity contribution >= 4 is 27.8 Å². The van der Waals surface area contributed by atoms with Crippen molar-refractivity contribution in [2.24, 2.45) is 0 Å². The fourth-order valence-electron chi connectivity index (χ4n) is 2.78. The van der Waals surface area contributed by atoms with E-state index < -0.39 is 5.97 Å². The molecule has 1 unspecified atom stereocenters. The van der Waals surface area contributed by atoms with Crippen LogP contribution in [-0.2, 0) is 4.74 Å². The van der Waals surface area contributed by atoms with Gasteiger partial charge in [-0.2, -0.15) is 0 Å². The van der Waals surface area contributed by atoms with E-state index in [-0.39, 0.29) is 17.8 Å². The maximum atomic E-state index is 13.1. The number of rotatable bonds is 6. The van der Waals surface area contributed by atoms with E-state index in [4.69, 9.17) is 9.47 Å². The van der Waals surface area contributed by atoms with Crippen LogP contribution in [0.4, 0.5) is 4.39 Å². The highest BCUT2D eigenvalue weighted by Crippen LogP contribution is 2.29. The zero-order chi connectivity index (χ0) is 21.7. The van der Waals surface area contributed by atoms with Crippen LogP contribution in [0.3, 0.4) is 0 Å². The Bertz CT molecular complexity index is 1050. The molecule has 1 amide bonds. The number of esters is 1. The van der Waals surface area contributed by atoms with Crippen molar-refractivity contribution in [2.75, 3.05) is 7.11 Å². The third kappa shape index (κ3) is 5.24. The summed E-state index contributed by atoms with van der Waals surface area (Å²) in [6.45, 7) is 1.84. The number of ether oxygens (including phenoxy) is 2. The molecule has 0 aliphatic carbocycles. The first-order valence-electron chi connectivity index (χ1n) is 9.09. The minimum Gasteiger partial charge on any atom is -0.465 e. The number of hydrogen-bond acceptors (Lipinski definition) is 4. The van der Waals surface area contributed by atoms with E-state index in [1.807, 2.05) is 6.92 Å². The van der Waals surface area contributed by atoms with Crippen LogP contribution in [0.25, 0.3) is 0 Å². The predicted octanol–water partition coefficient (Wildman–Crippen LogP) is 5.66. The van der Waals surface area contributed by atoms with Gasteiger partial charge in [0, 0.05) is 4.47 Å². The summed E-state index contributed by atoms with van der Waals surface area (Å²) in [7, 11) is 1.32. The lowest BCUT2D eigenvalue weighted by Crippen LogP contribution is -2.27. The van der Waals surface area contributed by atoms with Gasteiger partial charge < -0.3 is 14.8 Å². The van der Waals surface area contributed by atoms with Crippen LogP contribution in [0.5, 0.6) is 11.5 Å². The minimum absolute atomic E-state index is 0.318. The fraction of sp³-hybridized carbons (Fsp3) is 0.130. The van der Waals surface area contributed by atoms with Gasteiger partial charge in [0.25, 0.3) is 5.91 Å². The molecule has 0 spiro atoms. The molecule has 7 heteroatoms.